The molecule has 1 aliphatic rings. The van der Waals surface area contributed by atoms with Gasteiger partial charge in [-0.3, -0.25) is 9.59 Å². The Labute approximate surface area is 197 Å². The van der Waals surface area contributed by atoms with Crippen LogP contribution in [0.1, 0.15) is 18.9 Å². The summed E-state index contributed by atoms with van der Waals surface area (Å²) in [6.45, 7) is 6.20. The molecule has 4 rings (SSSR count). The minimum absolute atomic E-state index is 0.108. The van der Waals surface area contributed by atoms with Crippen molar-refractivity contribution in [2.75, 3.05) is 29.2 Å². The lowest BCUT2D eigenvalue weighted by Crippen LogP contribution is -2.27. The molecular formula is C25H25N5O4. The molecule has 2 aromatic carbocycles. The number of nitrogens with one attached hydrogen (secondary N) is 2. The molecule has 1 aromatic heterocycles. The Hall–Kier alpha value is -4.40. The molecule has 0 bridgehead atoms. The highest BCUT2D eigenvalue weighted by Crippen LogP contribution is 2.34. The molecule has 0 aliphatic carbocycles. The second-order valence-electron chi connectivity index (χ2n) is 7.58. The van der Waals surface area contributed by atoms with Crippen LogP contribution in [0.3, 0.4) is 0 Å². The minimum Gasteiger partial charge on any atom is -0.490 e. The Morgan fingerprint density at radius 1 is 1.24 bits per heavy atom. The van der Waals surface area contributed by atoms with Crippen LogP contribution in [-0.4, -0.2) is 35.4 Å². The second kappa shape index (κ2) is 10.0. The van der Waals surface area contributed by atoms with Gasteiger partial charge in [0.15, 0.2) is 5.75 Å². The quantitative estimate of drug-likeness (QED) is 0.456. The molecule has 2 heterocycles. The van der Waals surface area contributed by atoms with Gasteiger partial charge < -0.3 is 25.0 Å². The molecule has 9 heteroatoms. The molecular weight excluding hydrogens is 434 g/mol. The zero-order chi connectivity index (χ0) is 24.1. The molecule has 1 aliphatic heterocycles. The number of fused-ring (bicyclic) bond motifs is 1. The number of carbonyl (C=O) groups is 2. The normalized spacial score (nSPS) is 12.2. The molecule has 0 spiro atoms. The van der Waals surface area contributed by atoms with Crippen molar-refractivity contribution in [1.29, 1.82) is 0 Å². The number of methoxy groups -OCH3 is 1. The highest BCUT2D eigenvalue weighted by molar-refractivity contribution is 6.02. The van der Waals surface area contributed by atoms with Gasteiger partial charge in [0, 0.05) is 29.7 Å². The van der Waals surface area contributed by atoms with Crippen molar-refractivity contribution in [1.82, 2.24) is 9.97 Å². The Morgan fingerprint density at radius 2 is 2.09 bits per heavy atom. The van der Waals surface area contributed by atoms with Gasteiger partial charge in [0.1, 0.15) is 5.75 Å². The number of aromatic nitrogens is 2. The summed E-state index contributed by atoms with van der Waals surface area (Å²) in [7, 11) is 1.50. The van der Waals surface area contributed by atoms with Gasteiger partial charge in [-0.05, 0) is 48.4 Å². The van der Waals surface area contributed by atoms with E-state index in [0.717, 1.165) is 23.4 Å². The van der Waals surface area contributed by atoms with Gasteiger partial charge in [0.2, 0.25) is 17.8 Å². The summed E-state index contributed by atoms with van der Waals surface area (Å²) in [5.74, 6) is 1.10. The number of carbonyl (C=O) groups excluding carboxylic acids is 2. The van der Waals surface area contributed by atoms with E-state index in [4.69, 9.17) is 9.47 Å². The van der Waals surface area contributed by atoms with Crippen LogP contribution < -0.4 is 25.0 Å². The van der Waals surface area contributed by atoms with E-state index in [-0.39, 0.29) is 17.7 Å². The van der Waals surface area contributed by atoms with Crippen molar-refractivity contribution in [3.63, 3.8) is 0 Å². The number of hydrogen-bond donors (Lipinski definition) is 2. The van der Waals surface area contributed by atoms with E-state index >= 15 is 0 Å². The first-order valence-electron chi connectivity index (χ1n) is 10.8. The highest BCUT2D eigenvalue weighted by atomic mass is 16.5. The standard InChI is InChI=1S/C25H25N5O4/c1-4-11-30-20-10-9-18(12-16(20)13-23(30)32)28-25-26-15-21(33-3)24(29-25)34-19-8-6-7-17(14-19)27-22(31)5-2/h5-10,12,14-15H,2,4,11,13H2,1,3H3,(H,27,31)(H,26,28,29). The summed E-state index contributed by atoms with van der Waals surface area (Å²) in [4.78, 5) is 34.4. The first kappa shape index (κ1) is 22.8. The van der Waals surface area contributed by atoms with Crippen molar-refractivity contribution >= 4 is 34.8 Å². The van der Waals surface area contributed by atoms with E-state index in [1.165, 1.54) is 19.4 Å². The molecule has 2 amide bonds. The van der Waals surface area contributed by atoms with E-state index in [1.807, 2.05) is 23.1 Å². The van der Waals surface area contributed by atoms with E-state index < -0.39 is 0 Å². The largest absolute Gasteiger partial charge is 0.490 e. The molecule has 0 radical (unpaired) electrons. The zero-order valence-electron chi connectivity index (χ0n) is 19.0. The minimum atomic E-state index is -0.322. The van der Waals surface area contributed by atoms with Gasteiger partial charge in [-0.25, -0.2) is 4.98 Å². The molecule has 2 N–H and O–H groups in total. The molecule has 0 unspecified atom stereocenters. The maximum atomic E-state index is 12.3. The zero-order valence-corrected chi connectivity index (χ0v) is 19.0. The number of anilines is 4. The van der Waals surface area contributed by atoms with Gasteiger partial charge in [0.25, 0.3) is 5.88 Å². The molecule has 174 valence electrons. The summed E-state index contributed by atoms with van der Waals surface area (Å²) >= 11 is 0. The fraction of sp³-hybridized carbons (Fsp3) is 0.200. The summed E-state index contributed by atoms with van der Waals surface area (Å²) in [6.07, 6.45) is 3.97. The van der Waals surface area contributed by atoms with Crippen LogP contribution in [0, 0.1) is 0 Å². The van der Waals surface area contributed by atoms with Crippen LogP contribution in [0.15, 0.2) is 61.3 Å². The van der Waals surface area contributed by atoms with Crippen molar-refractivity contribution in [3.8, 4) is 17.4 Å². The Balaban J connectivity index is 1.54. The fourth-order valence-electron chi connectivity index (χ4n) is 3.63. The van der Waals surface area contributed by atoms with Crippen molar-refractivity contribution in [3.05, 3.63) is 66.9 Å². The number of hydrogen-bond acceptors (Lipinski definition) is 7. The smallest absolute Gasteiger partial charge is 0.267 e. The lowest BCUT2D eigenvalue weighted by Gasteiger charge is -2.16. The van der Waals surface area contributed by atoms with Gasteiger partial charge in [-0.1, -0.05) is 19.6 Å². The predicted octanol–water partition coefficient (Wildman–Crippen LogP) is 4.44. The Kier molecular flexibility index (Phi) is 6.72. The first-order chi connectivity index (χ1) is 16.5. The van der Waals surface area contributed by atoms with Crippen LogP contribution in [0.25, 0.3) is 0 Å². The number of amides is 2. The van der Waals surface area contributed by atoms with Crippen LogP contribution in [0.4, 0.5) is 23.0 Å². The van der Waals surface area contributed by atoms with Crippen LogP contribution in [0.5, 0.6) is 17.4 Å². The third kappa shape index (κ3) is 4.98. The van der Waals surface area contributed by atoms with Crippen LogP contribution in [-0.2, 0) is 16.0 Å². The number of rotatable bonds is 9. The molecule has 0 atom stereocenters. The molecule has 0 saturated carbocycles. The first-order valence-corrected chi connectivity index (χ1v) is 10.8. The van der Waals surface area contributed by atoms with Crippen molar-refractivity contribution in [2.24, 2.45) is 0 Å². The molecule has 0 fully saturated rings. The maximum Gasteiger partial charge on any atom is 0.267 e. The summed E-state index contributed by atoms with van der Waals surface area (Å²) in [6, 6.07) is 12.6. The molecule has 0 saturated heterocycles. The third-order valence-electron chi connectivity index (χ3n) is 5.16. The lowest BCUT2D eigenvalue weighted by atomic mass is 10.1. The lowest BCUT2D eigenvalue weighted by molar-refractivity contribution is -0.117. The van der Waals surface area contributed by atoms with Gasteiger partial charge in [-0.15, -0.1) is 0 Å². The van der Waals surface area contributed by atoms with Gasteiger partial charge in [0.05, 0.1) is 19.7 Å². The third-order valence-corrected chi connectivity index (χ3v) is 5.16. The van der Waals surface area contributed by atoms with Gasteiger partial charge in [-0.2, -0.15) is 4.98 Å². The summed E-state index contributed by atoms with van der Waals surface area (Å²) in [5.41, 5.74) is 3.22. The van der Waals surface area contributed by atoms with E-state index in [1.54, 1.807) is 24.3 Å². The maximum absolute atomic E-state index is 12.3. The number of benzene rings is 2. The topological polar surface area (TPSA) is 106 Å². The molecule has 34 heavy (non-hydrogen) atoms. The number of ether oxygens (including phenoxy) is 2. The van der Waals surface area contributed by atoms with Crippen molar-refractivity contribution < 1.29 is 19.1 Å². The van der Waals surface area contributed by atoms with Crippen molar-refractivity contribution in [2.45, 2.75) is 19.8 Å². The summed E-state index contributed by atoms with van der Waals surface area (Å²) in [5, 5.41) is 5.85. The average Bonchev–Trinajstić information content (AvgIpc) is 3.14. The molecule has 9 nitrogen and oxygen atoms in total. The summed E-state index contributed by atoms with van der Waals surface area (Å²) < 4.78 is 11.3. The monoisotopic (exact) mass is 459 g/mol. The SMILES string of the molecule is C=CC(=O)Nc1cccc(Oc2nc(Nc3ccc4c(c3)CC(=O)N4CCC)ncc2OC)c1. The molecule has 3 aromatic rings. The van der Waals surface area contributed by atoms with Gasteiger partial charge >= 0.3 is 0 Å². The van der Waals surface area contributed by atoms with E-state index in [2.05, 4.69) is 34.1 Å². The van der Waals surface area contributed by atoms with E-state index in [9.17, 15) is 9.59 Å². The second-order valence-corrected chi connectivity index (χ2v) is 7.58. The number of nitrogens with zero attached hydrogens (tertiary/aromatic N) is 3. The fourth-order valence-corrected chi connectivity index (χ4v) is 3.63. The predicted molar refractivity (Wildman–Crippen MR) is 130 cm³/mol. The Morgan fingerprint density at radius 3 is 2.85 bits per heavy atom. The average molecular weight is 460 g/mol. The van der Waals surface area contributed by atoms with Crippen LogP contribution >= 0.6 is 0 Å². The van der Waals surface area contributed by atoms with E-state index in [0.29, 0.717) is 36.1 Å². The Bertz CT molecular complexity index is 1240. The highest BCUT2D eigenvalue weighted by Gasteiger charge is 2.26. The van der Waals surface area contributed by atoms with Crippen LogP contribution in [0.2, 0.25) is 0 Å².